The van der Waals surface area contributed by atoms with Crippen molar-refractivity contribution in [3.05, 3.63) is 12.2 Å². The molecule has 10 aliphatic rings. The van der Waals surface area contributed by atoms with Crippen molar-refractivity contribution in [1.82, 2.24) is 0 Å². The average Bonchev–Trinajstić information content (AvgIpc) is 3.90. The summed E-state index contributed by atoms with van der Waals surface area (Å²) in [6.45, 7) is 32.7. The normalized spacial score (nSPS) is 46.0. The summed E-state index contributed by atoms with van der Waals surface area (Å²) in [7, 11) is -2.54. The van der Waals surface area contributed by atoms with Crippen molar-refractivity contribution in [1.29, 1.82) is 0 Å². The Hall–Kier alpha value is -0.596. The molecular formula is C52H88O12Si2. The van der Waals surface area contributed by atoms with Crippen molar-refractivity contribution in [3.63, 3.8) is 0 Å². The maximum Gasteiger partial charge on any atom is 0.192 e. The van der Waals surface area contributed by atoms with Gasteiger partial charge in [-0.1, -0.05) is 62.0 Å². The number of ether oxygens (including phenoxy) is 9. The monoisotopic (exact) mass is 961 g/mol. The van der Waals surface area contributed by atoms with Crippen molar-refractivity contribution in [3.8, 4) is 0 Å². The van der Waals surface area contributed by atoms with Crippen LogP contribution in [0.25, 0.3) is 0 Å². The number of methoxy groups -OCH3 is 1. The first-order valence-electron chi connectivity index (χ1n) is 26.3. The molecule has 10 rings (SSSR count). The van der Waals surface area contributed by atoms with Gasteiger partial charge in [0.05, 0.1) is 73.8 Å². The molecule has 12 bridgehead atoms. The zero-order valence-corrected chi connectivity index (χ0v) is 45.0. The number of fused-ring (bicyclic) bond motifs is 6. The average molecular weight is 961 g/mol. The van der Waals surface area contributed by atoms with Crippen LogP contribution in [0.5, 0.6) is 0 Å². The van der Waals surface area contributed by atoms with Gasteiger partial charge in [0.15, 0.2) is 22.4 Å². The second-order valence-electron chi connectivity index (χ2n) is 25.5. The van der Waals surface area contributed by atoms with Crippen LogP contribution in [0.15, 0.2) is 12.2 Å². The predicted octanol–water partition coefficient (Wildman–Crippen LogP) is 9.61. The Morgan fingerprint density at radius 1 is 0.697 bits per heavy atom. The Labute approximate surface area is 399 Å². The van der Waals surface area contributed by atoms with Crippen LogP contribution in [-0.2, 0) is 56.3 Å². The predicted molar refractivity (Wildman–Crippen MR) is 256 cm³/mol. The van der Waals surface area contributed by atoms with E-state index in [2.05, 4.69) is 88.2 Å². The minimum absolute atomic E-state index is 0.0136. The number of carbonyl (C=O) groups excluding carboxylic acids is 1. The Morgan fingerprint density at radius 3 is 2.09 bits per heavy atom. The number of carbonyl (C=O) groups is 1. The molecular weight excluding hydrogens is 873 g/mol. The molecule has 0 amide bonds. The van der Waals surface area contributed by atoms with Gasteiger partial charge in [0.1, 0.15) is 36.3 Å². The van der Waals surface area contributed by atoms with E-state index < -0.39 is 22.4 Å². The van der Waals surface area contributed by atoms with Gasteiger partial charge in [0, 0.05) is 51.6 Å². The molecule has 376 valence electrons. The maximum atomic E-state index is 14.6. The molecule has 0 radical (unpaired) electrons. The van der Waals surface area contributed by atoms with Gasteiger partial charge in [0.25, 0.3) is 0 Å². The van der Waals surface area contributed by atoms with Crippen LogP contribution < -0.4 is 0 Å². The Bertz CT molecular complexity index is 1750. The van der Waals surface area contributed by atoms with Crippen LogP contribution in [0.3, 0.4) is 0 Å². The number of hydrogen-bond acceptors (Lipinski definition) is 12. The fraction of sp³-hybridized carbons (Fsp3) is 0.942. The topological polar surface area (TPSA) is 119 Å². The summed E-state index contributed by atoms with van der Waals surface area (Å²) in [6, 6.07) is 0. The van der Waals surface area contributed by atoms with E-state index in [0.29, 0.717) is 50.5 Å². The minimum atomic E-state index is -2.22. The van der Waals surface area contributed by atoms with E-state index >= 15 is 0 Å². The molecule has 10 aliphatic heterocycles. The molecule has 0 saturated carbocycles. The molecule has 0 aromatic heterocycles. The van der Waals surface area contributed by atoms with E-state index in [4.69, 9.17) is 51.5 Å². The summed E-state index contributed by atoms with van der Waals surface area (Å²) < 4.78 is 76.3. The lowest BCUT2D eigenvalue weighted by Gasteiger charge is -2.47. The third-order valence-electron chi connectivity index (χ3n) is 18.8. The molecule has 12 nitrogen and oxygen atoms in total. The summed E-state index contributed by atoms with van der Waals surface area (Å²) >= 11 is 0. The third-order valence-corrected chi connectivity index (χ3v) is 27.8. The van der Waals surface area contributed by atoms with Crippen LogP contribution in [-0.4, -0.2) is 140 Å². The molecule has 0 N–H and O–H groups in total. The number of rotatable bonds is 8. The summed E-state index contributed by atoms with van der Waals surface area (Å²) in [6.07, 6.45) is 7.05. The fourth-order valence-corrected chi connectivity index (χ4v) is 15.1. The maximum absolute atomic E-state index is 14.6. The molecule has 10 saturated heterocycles. The first-order valence-corrected chi connectivity index (χ1v) is 32.1. The van der Waals surface area contributed by atoms with Gasteiger partial charge >= 0.3 is 0 Å². The van der Waals surface area contributed by atoms with Crippen LogP contribution in [0.2, 0.25) is 36.3 Å². The lowest BCUT2D eigenvalue weighted by atomic mass is 9.81. The SMILES string of the molecule is C=C1C(C)CC2CCC3OC(CC[C@@]45CC6OC7C(O4)[C@H]4OC(CCC4O[C@H]7C6O5)CC(=O)CC4[C@H](CC1O2)O[C@H](CC(CO[Si](C)(C)C(C)(C)C)O[Si](C)(C)C(C)(C)C)[C@@H]4OC)CC3C. The van der Waals surface area contributed by atoms with E-state index in [9.17, 15) is 4.79 Å². The number of hydrogen-bond donors (Lipinski definition) is 0. The fourth-order valence-electron chi connectivity index (χ4n) is 12.7. The van der Waals surface area contributed by atoms with E-state index in [1.807, 2.05) is 0 Å². The van der Waals surface area contributed by atoms with E-state index in [1.165, 1.54) is 0 Å². The molecule has 0 aromatic rings. The first-order chi connectivity index (χ1) is 30.9. The molecule has 66 heavy (non-hydrogen) atoms. The summed E-state index contributed by atoms with van der Waals surface area (Å²) in [5.41, 5.74) is 1.11. The lowest BCUT2D eigenvalue weighted by Crippen LogP contribution is -2.61. The van der Waals surface area contributed by atoms with E-state index in [0.717, 1.165) is 56.9 Å². The van der Waals surface area contributed by atoms with Crippen LogP contribution in [0.1, 0.15) is 139 Å². The van der Waals surface area contributed by atoms with E-state index in [1.54, 1.807) is 7.11 Å². The highest BCUT2D eigenvalue weighted by Gasteiger charge is 2.69. The molecule has 14 heteroatoms. The van der Waals surface area contributed by atoms with Crippen LogP contribution in [0.4, 0.5) is 0 Å². The van der Waals surface area contributed by atoms with Crippen molar-refractivity contribution < 1.29 is 56.3 Å². The van der Waals surface area contributed by atoms with Gasteiger partial charge in [0.2, 0.25) is 0 Å². The Morgan fingerprint density at radius 2 is 1.36 bits per heavy atom. The molecule has 1 spiro atoms. The van der Waals surface area contributed by atoms with Gasteiger partial charge < -0.3 is 51.5 Å². The molecule has 20 atom stereocenters. The van der Waals surface area contributed by atoms with Crippen molar-refractivity contribution in [2.24, 2.45) is 17.8 Å². The highest BCUT2D eigenvalue weighted by atomic mass is 28.4. The smallest absolute Gasteiger partial charge is 0.192 e. The van der Waals surface area contributed by atoms with Crippen LogP contribution in [0, 0.1) is 17.8 Å². The lowest BCUT2D eigenvalue weighted by molar-refractivity contribution is -0.292. The zero-order chi connectivity index (χ0) is 47.3. The first kappa shape index (κ1) is 50.3. The van der Waals surface area contributed by atoms with Gasteiger partial charge in [-0.2, -0.15) is 0 Å². The summed E-state index contributed by atoms with van der Waals surface area (Å²) in [5.74, 6) is -0.0286. The zero-order valence-electron chi connectivity index (χ0n) is 43.0. The molecule has 0 aliphatic carbocycles. The number of Topliss-reactive ketones (excluding diaryl/α,β-unsaturated/α-hetero) is 1. The quantitative estimate of drug-likeness (QED) is 0.170. The minimum Gasteiger partial charge on any atom is -0.414 e. The molecule has 10 heterocycles. The van der Waals surface area contributed by atoms with E-state index in [-0.39, 0.29) is 119 Å². The standard InChI is InChI=1S/C52H88O12Si2/c1-29-21-33-15-17-38-30(2)22-35(56-38)19-20-52-27-43-46(62-52)47-48(61-43)49(63-52)45-39(60-47)18-16-34(58-45)23-32(53)24-37-41(26-40(57-33)31(29)3)59-42(44(37)54-10)25-36(64-66(13,14)51(7,8)9)28-55-65(11,12)50(4,5)6/h29-30,33-49H,3,15-28H2,1-2,4-14H3/t29?,30?,33?,34?,35?,36?,37?,38?,39?,40?,41-,42+,43?,44+,45-,46?,47-,48?,49?,52-/m0/s1. The van der Waals surface area contributed by atoms with Crippen molar-refractivity contribution >= 4 is 22.4 Å². The Kier molecular flexibility index (Phi) is 14.3. The highest BCUT2D eigenvalue weighted by Crippen LogP contribution is 2.55. The molecule has 14 unspecified atom stereocenters. The van der Waals surface area contributed by atoms with Gasteiger partial charge in [-0.15, -0.1) is 0 Å². The second-order valence-corrected chi connectivity index (χ2v) is 35.1. The van der Waals surface area contributed by atoms with Gasteiger partial charge in [-0.3, -0.25) is 4.79 Å². The Balaban J connectivity index is 0.992. The summed E-state index contributed by atoms with van der Waals surface area (Å²) in [5, 5.41) is 0.0724. The van der Waals surface area contributed by atoms with Gasteiger partial charge in [-0.05, 0) is 98.6 Å². The second kappa shape index (κ2) is 18.8. The van der Waals surface area contributed by atoms with Crippen molar-refractivity contribution in [2.75, 3.05) is 13.7 Å². The highest BCUT2D eigenvalue weighted by molar-refractivity contribution is 6.74. The van der Waals surface area contributed by atoms with Gasteiger partial charge in [-0.25, -0.2) is 0 Å². The molecule has 0 aromatic carbocycles. The summed E-state index contributed by atoms with van der Waals surface area (Å²) in [4.78, 5) is 14.6. The molecule has 10 fully saturated rings. The largest absolute Gasteiger partial charge is 0.414 e. The third kappa shape index (κ3) is 9.97. The van der Waals surface area contributed by atoms with Crippen LogP contribution >= 0.6 is 0 Å². The van der Waals surface area contributed by atoms with Crippen molar-refractivity contribution in [2.45, 2.75) is 279 Å². The number of ketones is 1.